The lowest BCUT2D eigenvalue weighted by atomic mass is 10.1. The number of ether oxygens (including phenoxy) is 3. The van der Waals surface area contributed by atoms with Crippen molar-refractivity contribution in [3.05, 3.63) is 34.3 Å². The largest absolute Gasteiger partial charge is 0.385 e. The van der Waals surface area contributed by atoms with Gasteiger partial charge < -0.3 is 19.5 Å². The molecule has 0 bridgehead atoms. The van der Waals surface area contributed by atoms with Crippen molar-refractivity contribution in [1.82, 2.24) is 5.32 Å². The Labute approximate surface area is 136 Å². The van der Waals surface area contributed by atoms with Crippen LogP contribution in [0.25, 0.3) is 0 Å². The van der Waals surface area contributed by atoms with Crippen molar-refractivity contribution in [2.75, 3.05) is 46.6 Å². The zero-order valence-corrected chi connectivity index (χ0v) is 14.5. The normalized spacial score (nSPS) is 12.5. The molecular formula is C16H26BrNO3. The Morgan fingerprint density at radius 2 is 2.05 bits per heavy atom. The summed E-state index contributed by atoms with van der Waals surface area (Å²) < 4.78 is 17.5. The van der Waals surface area contributed by atoms with Crippen molar-refractivity contribution >= 4 is 15.9 Å². The van der Waals surface area contributed by atoms with Gasteiger partial charge in [-0.25, -0.2) is 0 Å². The van der Waals surface area contributed by atoms with Gasteiger partial charge in [-0.2, -0.15) is 0 Å². The molecule has 0 radical (unpaired) electrons. The van der Waals surface area contributed by atoms with E-state index in [2.05, 4.69) is 40.3 Å². The van der Waals surface area contributed by atoms with E-state index in [1.165, 1.54) is 5.56 Å². The van der Waals surface area contributed by atoms with E-state index < -0.39 is 0 Å². The standard InChI is InChI=1S/C16H26BrNO3/c1-3-18-13-16(14-6-4-7-15(17)12-14)21-11-10-20-9-5-8-19-2/h4,6-7,12,16,18H,3,5,8-11,13H2,1-2H3. The van der Waals surface area contributed by atoms with Gasteiger partial charge in [0.25, 0.3) is 0 Å². The van der Waals surface area contributed by atoms with Crippen LogP contribution in [0.15, 0.2) is 28.7 Å². The molecule has 0 heterocycles. The van der Waals surface area contributed by atoms with Crippen molar-refractivity contribution in [3.63, 3.8) is 0 Å². The monoisotopic (exact) mass is 359 g/mol. The fraction of sp³-hybridized carbons (Fsp3) is 0.625. The van der Waals surface area contributed by atoms with Crippen LogP contribution in [0.4, 0.5) is 0 Å². The molecule has 0 spiro atoms. The van der Waals surface area contributed by atoms with Crippen LogP contribution in [0.2, 0.25) is 0 Å². The van der Waals surface area contributed by atoms with Gasteiger partial charge in [0.1, 0.15) is 0 Å². The first-order valence-corrected chi connectivity index (χ1v) is 8.21. The molecule has 21 heavy (non-hydrogen) atoms. The van der Waals surface area contributed by atoms with Crippen molar-refractivity contribution < 1.29 is 14.2 Å². The molecule has 1 atom stereocenters. The first-order chi connectivity index (χ1) is 10.3. The van der Waals surface area contributed by atoms with Gasteiger partial charge in [-0.3, -0.25) is 0 Å². The third-order valence-corrected chi connectivity index (χ3v) is 3.48. The van der Waals surface area contributed by atoms with Gasteiger partial charge in [-0.1, -0.05) is 35.0 Å². The second-order valence-corrected chi connectivity index (χ2v) is 5.60. The number of methoxy groups -OCH3 is 1. The average molecular weight is 360 g/mol. The highest BCUT2D eigenvalue weighted by molar-refractivity contribution is 9.10. The molecule has 0 aliphatic heterocycles. The third kappa shape index (κ3) is 8.53. The number of hydrogen-bond acceptors (Lipinski definition) is 4. The molecule has 120 valence electrons. The van der Waals surface area contributed by atoms with Crippen LogP contribution in [0, 0.1) is 0 Å². The van der Waals surface area contributed by atoms with Gasteiger partial charge in [-0.05, 0) is 30.7 Å². The Morgan fingerprint density at radius 3 is 2.76 bits per heavy atom. The van der Waals surface area contributed by atoms with Crippen molar-refractivity contribution in [3.8, 4) is 0 Å². The van der Waals surface area contributed by atoms with Crippen LogP contribution >= 0.6 is 15.9 Å². The van der Waals surface area contributed by atoms with E-state index in [9.17, 15) is 0 Å². The summed E-state index contributed by atoms with van der Waals surface area (Å²) in [5.41, 5.74) is 1.17. The van der Waals surface area contributed by atoms with E-state index in [4.69, 9.17) is 14.2 Å². The van der Waals surface area contributed by atoms with E-state index in [0.717, 1.165) is 30.6 Å². The summed E-state index contributed by atoms with van der Waals surface area (Å²) in [5.74, 6) is 0. The van der Waals surface area contributed by atoms with Crippen LogP contribution in [-0.4, -0.2) is 46.6 Å². The molecule has 0 amide bonds. The van der Waals surface area contributed by atoms with Gasteiger partial charge >= 0.3 is 0 Å². The highest BCUT2D eigenvalue weighted by Crippen LogP contribution is 2.20. The zero-order valence-electron chi connectivity index (χ0n) is 12.9. The Kier molecular flexibility index (Phi) is 10.7. The smallest absolute Gasteiger partial charge is 0.0950 e. The average Bonchev–Trinajstić information content (AvgIpc) is 2.49. The fourth-order valence-electron chi connectivity index (χ4n) is 1.91. The Balaban J connectivity index is 2.33. The Morgan fingerprint density at radius 1 is 1.19 bits per heavy atom. The molecular weight excluding hydrogens is 334 g/mol. The second-order valence-electron chi connectivity index (χ2n) is 4.68. The van der Waals surface area contributed by atoms with Crippen molar-refractivity contribution in [2.45, 2.75) is 19.4 Å². The molecule has 0 saturated heterocycles. The molecule has 1 unspecified atom stereocenters. The molecule has 1 aromatic rings. The van der Waals surface area contributed by atoms with E-state index in [1.54, 1.807) is 7.11 Å². The number of likely N-dealkylation sites (N-methyl/N-ethyl adjacent to an activating group) is 1. The van der Waals surface area contributed by atoms with Crippen LogP contribution < -0.4 is 5.32 Å². The minimum Gasteiger partial charge on any atom is -0.385 e. The first kappa shape index (κ1) is 18.6. The highest BCUT2D eigenvalue weighted by atomic mass is 79.9. The van der Waals surface area contributed by atoms with Crippen LogP contribution in [0.1, 0.15) is 25.0 Å². The zero-order chi connectivity index (χ0) is 15.3. The lowest BCUT2D eigenvalue weighted by molar-refractivity contribution is 0.000920. The summed E-state index contributed by atoms with van der Waals surface area (Å²) >= 11 is 3.50. The molecule has 0 fully saturated rings. The van der Waals surface area contributed by atoms with Gasteiger partial charge in [0.05, 0.1) is 19.3 Å². The van der Waals surface area contributed by atoms with Gasteiger partial charge in [-0.15, -0.1) is 0 Å². The predicted octanol–water partition coefficient (Wildman–Crippen LogP) is 3.17. The minimum absolute atomic E-state index is 0.0463. The number of nitrogens with one attached hydrogen (secondary N) is 1. The number of rotatable bonds is 12. The quantitative estimate of drug-likeness (QED) is 0.582. The van der Waals surface area contributed by atoms with Gasteiger partial charge in [0.15, 0.2) is 0 Å². The molecule has 1 N–H and O–H groups in total. The molecule has 5 heteroatoms. The molecule has 1 rings (SSSR count). The maximum Gasteiger partial charge on any atom is 0.0950 e. The topological polar surface area (TPSA) is 39.7 Å². The summed E-state index contributed by atoms with van der Waals surface area (Å²) in [4.78, 5) is 0. The van der Waals surface area contributed by atoms with Crippen LogP contribution in [0.3, 0.4) is 0 Å². The SMILES string of the molecule is CCNCC(OCCOCCCOC)c1cccc(Br)c1. The maximum absolute atomic E-state index is 5.95. The molecule has 0 aliphatic carbocycles. The lowest BCUT2D eigenvalue weighted by Crippen LogP contribution is -2.24. The number of halogens is 1. The van der Waals surface area contributed by atoms with E-state index in [0.29, 0.717) is 19.8 Å². The molecule has 0 aliphatic rings. The maximum atomic E-state index is 5.95. The van der Waals surface area contributed by atoms with Crippen LogP contribution in [0.5, 0.6) is 0 Å². The summed E-state index contributed by atoms with van der Waals surface area (Å²) in [6.07, 6.45) is 0.966. The molecule has 1 aromatic carbocycles. The predicted molar refractivity (Wildman–Crippen MR) is 88.7 cm³/mol. The Hall–Kier alpha value is -0.460. The van der Waals surface area contributed by atoms with E-state index in [1.807, 2.05) is 12.1 Å². The van der Waals surface area contributed by atoms with E-state index in [-0.39, 0.29) is 6.10 Å². The van der Waals surface area contributed by atoms with E-state index >= 15 is 0 Å². The highest BCUT2D eigenvalue weighted by Gasteiger charge is 2.11. The summed E-state index contributed by atoms with van der Waals surface area (Å²) in [6, 6.07) is 8.24. The van der Waals surface area contributed by atoms with Crippen molar-refractivity contribution in [2.24, 2.45) is 0 Å². The number of hydrogen-bond donors (Lipinski definition) is 1. The third-order valence-electron chi connectivity index (χ3n) is 2.98. The molecule has 4 nitrogen and oxygen atoms in total. The van der Waals surface area contributed by atoms with Gasteiger partial charge in [0.2, 0.25) is 0 Å². The number of benzene rings is 1. The van der Waals surface area contributed by atoms with Gasteiger partial charge in [0, 0.05) is 31.3 Å². The fourth-order valence-corrected chi connectivity index (χ4v) is 2.33. The summed E-state index contributed by atoms with van der Waals surface area (Å²) in [5, 5.41) is 3.34. The minimum atomic E-state index is 0.0463. The second kappa shape index (κ2) is 12.1. The Bertz CT molecular complexity index is 376. The lowest BCUT2D eigenvalue weighted by Gasteiger charge is -2.19. The molecule has 0 aromatic heterocycles. The summed E-state index contributed by atoms with van der Waals surface area (Å²) in [7, 11) is 1.70. The van der Waals surface area contributed by atoms with Crippen molar-refractivity contribution in [1.29, 1.82) is 0 Å². The first-order valence-electron chi connectivity index (χ1n) is 7.42. The van der Waals surface area contributed by atoms with Crippen LogP contribution in [-0.2, 0) is 14.2 Å². The summed E-state index contributed by atoms with van der Waals surface area (Å²) in [6.45, 7) is 6.48. The molecule has 0 saturated carbocycles.